The summed E-state index contributed by atoms with van der Waals surface area (Å²) in [5, 5.41) is 43.7. The molecule has 0 saturated carbocycles. The van der Waals surface area contributed by atoms with E-state index in [1.54, 1.807) is 105 Å². The Kier molecular flexibility index (Phi) is 52.5. The lowest BCUT2D eigenvalue weighted by molar-refractivity contribution is -0.145. The second-order valence-electron chi connectivity index (χ2n) is 34.7. The summed E-state index contributed by atoms with van der Waals surface area (Å²) < 4.78 is 47.3. The number of carbonyl (C=O) groups excluding carboxylic acids is 9. The number of esters is 6. The Morgan fingerprint density at radius 1 is 0.510 bits per heavy atom. The summed E-state index contributed by atoms with van der Waals surface area (Å²) in [7, 11) is 7.94. The van der Waals surface area contributed by atoms with E-state index in [9.17, 15) is 57.8 Å². The summed E-state index contributed by atoms with van der Waals surface area (Å²) in [5.74, 6) is -0.824. The van der Waals surface area contributed by atoms with Crippen molar-refractivity contribution >= 4 is 193 Å². The van der Waals surface area contributed by atoms with Gasteiger partial charge in [0.05, 0.1) is 147 Å². The minimum Gasteiger partial charge on any atom is -0.481 e. The molecule has 5 N–H and O–H groups in total. The number of azide groups is 1. The highest BCUT2D eigenvalue weighted by Crippen LogP contribution is 2.40. The van der Waals surface area contributed by atoms with Crippen molar-refractivity contribution in [3.05, 3.63) is 238 Å². The fraction of sp³-hybridized carbons (Fsp3) is 0.422. The van der Waals surface area contributed by atoms with Crippen molar-refractivity contribution in [2.45, 2.75) is 198 Å². The fourth-order valence-corrected chi connectivity index (χ4v) is 17.2. The molecule has 14 rings (SSSR count). The van der Waals surface area contributed by atoms with Gasteiger partial charge >= 0.3 is 53.8 Å². The molecule has 0 unspecified atom stereocenters. The van der Waals surface area contributed by atoms with Gasteiger partial charge in [-0.05, 0) is 191 Å². The molecule has 4 aliphatic heterocycles. The summed E-state index contributed by atoms with van der Waals surface area (Å²) in [4.78, 5) is 135. The lowest BCUT2D eigenvalue weighted by Crippen LogP contribution is -2.40. The first-order chi connectivity index (χ1) is 68.5. The van der Waals surface area contributed by atoms with Crippen molar-refractivity contribution in [3.8, 4) is 24.7 Å². The molecule has 4 aromatic heterocycles. The van der Waals surface area contributed by atoms with Gasteiger partial charge in [0.2, 0.25) is 0 Å². The van der Waals surface area contributed by atoms with Crippen LogP contribution in [0.2, 0.25) is 40.2 Å². The van der Waals surface area contributed by atoms with E-state index < -0.39 is 53.4 Å². The SMILES string of the molecule is C.C#CC[C@H](C)C(=O)O.C#CC[C@H](C)C(=O)OC.CC(C)N=[N+]=[N-].COC(=O)[C@@H](C)Cc1cn(C(C)C)nn1.COC(=O)[C@@H](N)Cc1cn(C(C)C)nn1.COC(=O)c1c(Cl)cc2c(c1Cl)CCN(C(=O)OC(C)(C)C)C2.COC(=O)c1c(Cl)cc2c(c1Cl)CCN(C(=O)c1ccc3ccoc3c1)C2.COC(=O)c1c(Cl)cc2c(c1Cl)CCNC2.Cl.O=C(O)c1c(Cl)cc2c(c1Cl)CCN(C(=O)c1ccc3ccoc3c1)C2. The van der Waals surface area contributed by atoms with Crippen molar-refractivity contribution in [1.82, 2.24) is 50.0 Å². The quantitative estimate of drug-likeness (QED) is 0.0146. The Morgan fingerprint density at radius 3 is 1.22 bits per heavy atom. The van der Waals surface area contributed by atoms with Crippen LogP contribution in [0.3, 0.4) is 0 Å². The van der Waals surface area contributed by atoms with E-state index in [1.165, 1.54) is 42.7 Å². The number of aliphatic carboxylic acids is 1. The number of amides is 3. The van der Waals surface area contributed by atoms with Gasteiger partial charge in [0.15, 0.2) is 0 Å². The smallest absolute Gasteiger partial charge is 0.410 e. The average molecular weight is 2210 g/mol. The van der Waals surface area contributed by atoms with Gasteiger partial charge in [-0.1, -0.05) is 163 Å². The van der Waals surface area contributed by atoms with Crippen molar-refractivity contribution < 1.29 is 105 Å². The summed E-state index contributed by atoms with van der Waals surface area (Å²) in [5.41, 5.74) is 24.0. The van der Waals surface area contributed by atoms with Gasteiger partial charge in [-0.3, -0.25) is 28.8 Å². The standard InChI is InChI=1S/C20H15Cl2NO4.C19H13Cl2NO4.C16H19Cl2NO4.C11H11Cl2NO2.C10H17N3O2.C9H16N4O2.C7H10O2.C6H8O2.C3H7N3.CH4.ClH/c1-26-20(25)17-15(21)8-13-10-23(6-4-14(13)18(17)22)19(24)12-3-2-11-5-7-27-16(11)9-12;20-14-7-12-9-22(5-3-13(12)17(21)16(14)19(24)25)18(23)11-2-1-10-4-6-26-15(10)8-11;1-16(2,3)23-15(21)19-6-5-10-9(8-19)7-11(17)12(13(10)18)14(20)22-4;1-16-11(15)9-8(12)4-6-5-14-3-2-7(6)10(9)13;1-7(2)13-6-9(11-12-13)5-8(3)10(14)15-4;1-6(2)13-5-7(11-12-13)4-8(10)9(14)15-3;1-4-5-6(2)7(8)9-3;1-3-4-5(2)6(7)8;1-3(2)5-6-4;;/h2-3,5,7-9H,4,6,10H2,1H3;1-2,4,6-8H,3,5,9H2,(H,24,25);7H,5-6,8H2,1-4H3;4,14H,2-3,5H2,1H3;6-8H,5H2,1-4H3;5-6,8H,4,10H2,1-3H3;1,6H,5H2,2-3H3;1,5H,4H2,2H3,(H,7,8);3H,1-2H3;1H4;1H/t;;;;2*8-;6-;5-;;;/m....0000.../s1. The van der Waals surface area contributed by atoms with Gasteiger partial charge in [-0.2, -0.15) is 0 Å². The number of hydrogen-bond acceptors (Lipinski definition) is 27. The summed E-state index contributed by atoms with van der Waals surface area (Å²) >= 11 is 49.7. The van der Waals surface area contributed by atoms with Crippen LogP contribution < -0.4 is 11.1 Å². The molecule has 0 saturated heterocycles. The first-order valence-electron chi connectivity index (χ1n) is 45.1. The van der Waals surface area contributed by atoms with E-state index in [-0.39, 0.29) is 116 Å². The number of carboxylic acids is 2. The van der Waals surface area contributed by atoms with Crippen LogP contribution in [0.5, 0.6) is 0 Å². The van der Waals surface area contributed by atoms with E-state index in [0.717, 1.165) is 80.5 Å². The predicted octanol–water partition coefficient (Wildman–Crippen LogP) is 21.3. The zero-order chi connectivity index (χ0) is 108. The molecule has 0 radical (unpaired) electrons. The lowest BCUT2D eigenvalue weighted by Gasteiger charge is -2.32. The van der Waals surface area contributed by atoms with E-state index in [4.69, 9.17) is 145 Å². The number of nitrogens with two attached hydrogens (primary N) is 1. The van der Waals surface area contributed by atoms with Gasteiger partial charge in [-0.15, -0.1) is 47.3 Å². The Bertz CT molecular complexity index is 6370. The summed E-state index contributed by atoms with van der Waals surface area (Å²) in [6, 6.07) is 21.1. The molecule has 0 spiro atoms. The average Bonchev–Trinajstić information content (AvgIpc) is 1.32. The topological polar surface area (TPSA) is 477 Å². The molecule has 0 fully saturated rings. The zero-order valence-corrected chi connectivity index (χ0v) is 90.5. The second-order valence-corrected chi connectivity index (χ2v) is 37.8. The molecule has 4 atom stereocenters. The maximum Gasteiger partial charge on any atom is 0.410 e. The van der Waals surface area contributed by atoms with Crippen molar-refractivity contribution in [2.24, 2.45) is 28.6 Å². The normalized spacial score (nSPS) is 13.0. The third-order valence-electron chi connectivity index (χ3n) is 21.9. The van der Waals surface area contributed by atoms with Crippen molar-refractivity contribution in [2.75, 3.05) is 68.8 Å². The molecular weight excluding hydrogens is 2090 g/mol. The van der Waals surface area contributed by atoms with Gasteiger partial charge in [0.1, 0.15) is 22.8 Å². The Morgan fingerprint density at radius 2 is 0.878 bits per heavy atom. The molecule has 4 aliphatic rings. The number of nitrogens with one attached hydrogen (secondary N) is 1. The third-order valence-corrected chi connectivity index (χ3v) is 24.8. The molecular formula is C102H121Cl9N14O22. The van der Waals surface area contributed by atoms with Gasteiger partial charge in [-0.25, -0.2) is 33.3 Å². The van der Waals surface area contributed by atoms with E-state index in [2.05, 4.69) is 66.8 Å². The number of fused-ring (bicyclic) bond motifs is 6. The zero-order valence-electron chi connectivity index (χ0n) is 83.7. The summed E-state index contributed by atoms with van der Waals surface area (Å²) in [6.45, 7) is 26.3. The molecule has 36 nitrogen and oxygen atoms in total. The number of ether oxygens (including phenoxy) is 7. The predicted molar refractivity (Wildman–Crippen MR) is 564 cm³/mol. The molecule has 45 heteroatoms. The molecule has 0 aliphatic carbocycles. The van der Waals surface area contributed by atoms with E-state index in [1.807, 2.05) is 99.7 Å². The number of carbonyl (C=O) groups is 11. The second kappa shape index (κ2) is 60.8. The Hall–Kier alpha value is -12.4. The number of carboxylic acid groups (broad SMARTS) is 2. The van der Waals surface area contributed by atoms with Crippen LogP contribution in [0.4, 0.5) is 4.79 Å². The first kappa shape index (κ1) is 127. The number of hydrogen-bond donors (Lipinski definition) is 4. The number of benzene rings is 6. The number of halogens is 9. The highest BCUT2D eigenvalue weighted by molar-refractivity contribution is 6.42. The maximum absolute atomic E-state index is 12.9. The molecule has 3 amide bonds. The molecule has 147 heavy (non-hydrogen) atoms. The molecule has 794 valence electrons. The minimum absolute atomic E-state index is 0. The Labute approximate surface area is 899 Å². The number of rotatable bonds is 19. The van der Waals surface area contributed by atoms with Gasteiger partial charge < -0.3 is 78.0 Å². The number of aromatic carboxylic acids is 1. The number of aromatic nitrogens is 6. The van der Waals surface area contributed by atoms with E-state index in [0.29, 0.717) is 138 Å². The third kappa shape index (κ3) is 36.6. The van der Waals surface area contributed by atoms with Crippen LogP contribution in [0.25, 0.3) is 32.4 Å². The monoisotopic (exact) mass is 2210 g/mol. The summed E-state index contributed by atoms with van der Waals surface area (Å²) in [6.07, 6.45) is 20.3. The van der Waals surface area contributed by atoms with Crippen LogP contribution in [0.15, 0.2) is 112 Å². The van der Waals surface area contributed by atoms with Gasteiger partial charge in [0, 0.05) is 129 Å². The highest BCUT2D eigenvalue weighted by atomic mass is 35.5. The van der Waals surface area contributed by atoms with Crippen molar-refractivity contribution in [3.63, 3.8) is 0 Å². The fourth-order valence-electron chi connectivity index (χ4n) is 14.2. The lowest BCUT2D eigenvalue weighted by atomic mass is 9.96. The van der Waals surface area contributed by atoms with Crippen LogP contribution >= 0.6 is 105 Å². The molecule has 8 heterocycles. The van der Waals surface area contributed by atoms with Crippen LogP contribution in [-0.4, -0.2) is 207 Å². The first-order valence-corrected chi connectivity index (χ1v) is 48.1. The van der Waals surface area contributed by atoms with Gasteiger partial charge in [0.25, 0.3) is 11.8 Å². The highest BCUT2D eigenvalue weighted by Gasteiger charge is 2.34. The number of nitrogens with zero attached hydrogens (tertiary/aromatic N) is 12. The molecule has 0 bridgehead atoms. The number of methoxy groups -OCH3 is 6. The molecule has 6 aromatic carbocycles. The number of furan rings is 2. The Balaban J connectivity index is 0.000000355. The maximum atomic E-state index is 12.9. The largest absolute Gasteiger partial charge is 0.481 e. The van der Waals surface area contributed by atoms with E-state index >= 15 is 0 Å². The number of terminal acetylenes is 2. The van der Waals surface area contributed by atoms with Crippen LogP contribution in [-0.2, 0) is 117 Å². The minimum atomic E-state index is -1.16. The van der Waals surface area contributed by atoms with Crippen molar-refractivity contribution in [1.29, 1.82) is 0 Å². The van der Waals surface area contributed by atoms with Crippen LogP contribution in [0, 0.1) is 42.4 Å². The molecule has 10 aromatic rings. The van der Waals surface area contributed by atoms with Crippen LogP contribution in [0.1, 0.15) is 233 Å².